The van der Waals surface area contributed by atoms with Crippen molar-refractivity contribution >= 4 is 25.5 Å². The minimum atomic E-state index is -0.569. The average molecular weight is 506 g/mol. The van der Waals surface area contributed by atoms with Gasteiger partial charge >= 0.3 is 13.1 Å². The van der Waals surface area contributed by atoms with E-state index < -0.39 is 5.60 Å². The minimum absolute atomic E-state index is 0. The van der Waals surface area contributed by atoms with Gasteiger partial charge in [-0.1, -0.05) is 19.9 Å². The molecule has 2 aliphatic heterocycles. The molecule has 6 rings (SSSR count). The van der Waals surface area contributed by atoms with Crippen LogP contribution in [0.4, 0.5) is 0 Å². The zero-order valence-electron chi connectivity index (χ0n) is 22.2. The Hall–Kier alpha value is -1.28. The summed E-state index contributed by atoms with van der Waals surface area (Å²) in [6.45, 7) is 16.3. The maximum absolute atomic E-state index is 13.1. The van der Waals surface area contributed by atoms with Crippen molar-refractivity contribution in [1.82, 2.24) is 5.32 Å². The lowest BCUT2D eigenvalue weighted by molar-refractivity contribution is -0.199. The number of ether oxygens (including phenoxy) is 2. The Morgan fingerprint density at radius 1 is 1.20 bits per heavy atom. The number of hydrogen-bond acceptors (Lipinski definition) is 6. The first-order chi connectivity index (χ1) is 15.9. The van der Waals surface area contributed by atoms with Crippen LogP contribution in [0.2, 0.25) is 6.32 Å². The quantitative estimate of drug-likeness (QED) is 0.434. The van der Waals surface area contributed by atoms with E-state index in [0.29, 0.717) is 22.6 Å². The molecule has 3 saturated carbocycles. The zero-order chi connectivity index (χ0) is 24.5. The van der Waals surface area contributed by atoms with Crippen LogP contribution >= 0.6 is 12.4 Å². The molecule has 2 saturated heterocycles. The van der Waals surface area contributed by atoms with Crippen LogP contribution in [0.5, 0.6) is 5.75 Å². The van der Waals surface area contributed by atoms with Crippen LogP contribution in [0.3, 0.4) is 0 Å². The molecule has 0 spiro atoms. The topological polar surface area (TPSA) is 66.0 Å². The van der Waals surface area contributed by atoms with Gasteiger partial charge in [-0.05, 0) is 94.6 Å². The minimum Gasteiger partial charge on any atom is -0.487 e. The van der Waals surface area contributed by atoms with Gasteiger partial charge in [0.15, 0.2) is 0 Å². The van der Waals surface area contributed by atoms with Crippen molar-refractivity contribution in [3.63, 3.8) is 0 Å². The van der Waals surface area contributed by atoms with Gasteiger partial charge in [0, 0.05) is 13.1 Å². The summed E-state index contributed by atoms with van der Waals surface area (Å²) in [7, 11) is -0.202. The Balaban J connectivity index is 0.00000289. The summed E-state index contributed by atoms with van der Waals surface area (Å²) in [6, 6.07) is 4.00. The van der Waals surface area contributed by atoms with Gasteiger partial charge in [-0.15, -0.1) is 12.4 Å². The number of rotatable bonds is 6. The first-order valence-electron chi connectivity index (χ1n) is 12.9. The molecule has 4 atom stereocenters. The Kier molecular flexibility index (Phi) is 7.06. The molecular formula is C27H41BClNO5. The Bertz CT molecular complexity index is 975. The fourth-order valence-electron chi connectivity index (χ4n) is 6.56. The lowest BCUT2D eigenvalue weighted by Gasteiger charge is -2.64. The van der Waals surface area contributed by atoms with Crippen molar-refractivity contribution in [2.24, 2.45) is 17.3 Å². The van der Waals surface area contributed by atoms with E-state index in [1.54, 1.807) is 0 Å². The second-order valence-corrected chi connectivity index (χ2v) is 12.6. The summed E-state index contributed by atoms with van der Waals surface area (Å²) in [4.78, 5) is 13.1. The third-order valence-corrected chi connectivity index (χ3v) is 8.83. The molecule has 1 aromatic carbocycles. The number of halogens is 1. The second-order valence-electron chi connectivity index (χ2n) is 12.6. The molecule has 2 bridgehead atoms. The van der Waals surface area contributed by atoms with Gasteiger partial charge in [0.05, 0.1) is 11.7 Å². The third-order valence-electron chi connectivity index (χ3n) is 8.83. The fourth-order valence-corrected chi connectivity index (χ4v) is 6.56. The average Bonchev–Trinajstić information content (AvgIpc) is 3.04. The number of carbonyl (C=O) groups excluding carboxylic acids is 1. The first-order valence-corrected chi connectivity index (χ1v) is 12.9. The smallest absolute Gasteiger partial charge is 0.457 e. The molecule has 5 aliphatic rings. The van der Waals surface area contributed by atoms with Crippen molar-refractivity contribution < 1.29 is 23.6 Å². The molecule has 8 heteroatoms. The molecule has 2 heterocycles. The van der Waals surface area contributed by atoms with Gasteiger partial charge in [-0.25, -0.2) is 4.79 Å². The zero-order valence-corrected chi connectivity index (χ0v) is 23.1. The van der Waals surface area contributed by atoms with E-state index in [2.05, 4.69) is 32.2 Å². The van der Waals surface area contributed by atoms with Crippen LogP contribution in [-0.2, 0) is 20.5 Å². The highest BCUT2D eigenvalue weighted by atomic mass is 35.5. The van der Waals surface area contributed by atoms with E-state index in [4.69, 9.17) is 18.8 Å². The molecule has 0 amide bonds. The number of aryl methyl sites for hydroxylation is 1. The van der Waals surface area contributed by atoms with Crippen molar-refractivity contribution in [3.8, 4) is 5.75 Å². The highest BCUT2D eigenvalue weighted by Crippen LogP contribution is 2.65. The van der Waals surface area contributed by atoms with Crippen molar-refractivity contribution in [3.05, 3.63) is 28.8 Å². The van der Waals surface area contributed by atoms with Gasteiger partial charge in [0.25, 0.3) is 0 Å². The molecule has 5 fully saturated rings. The summed E-state index contributed by atoms with van der Waals surface area (Å²) in [5.74, 6) is 1.58. The van der Waals surface area contributed by atoms with E-state index in [0.717, 1.165) is 49.3 Å². The number of esters is 1. The number of hydrogen-bond donors (Lipinski definition) is 1. The van der Waals surface area contributed by atoms with Crippen molar-refractivity contribution in [2.75, 3.05) is 13.1 Å². The van der Waals surface area contributed by atoms with E-state index in [9.17, 15) is 4.79 Å². The number of carbonyl (C=O) groups is 1. The normalized spacial score (nSPS) is 31.1. The lowest BCUT2D eigenvalue weighted by Crippen LogP contribution is -2.65. The van der Waals surface area contributed by atoms with Crippen LogP contribution in [0.25, 0.3) is 0 Å². The van der Waals surface area contributed by atoms with Crippen molar-refractivity contribution in [2.45, 2.75) is 97.5 Å². The second kappa shape index (κ2) is 9.23. The Labute approximate surface area is 216 Å². The van der Waals surface area contributed by atoms with Gasteiger partial charge in [-0.2, -0.15) is 0 Å². The lowest BCUT2D eigenvalue weighted by atomic mass is 9.43. The van der Waals surface area contributed by atoms with Gasteiger partial charge in [-0.3, -0.25) is 0 Å². The van der Waals surface area contributed by atoms with Crippen molar-refractivity contribution in [1.29, 1.82) is 0 Å². The van der Waals surface area contributed by atoms with Gasteiger partial charge < -0.3 is 24.1 Å². The standard InChI is InChI=1S/C27H40BNO5.ClH/c1-16-17(8-9-20(31-19-14-29-15-19)23(16)24(30)32-25(2,3)4)10-11-28-33-22-13-18-12-21(26(18,5)6)27(22,7)34-28;/h8-9,18-19,21-22,29H,10-15H2,1-7H3;1H/t18-,21-,22+,27-;/m0./s1. The van der Waals surface area contributed by atoms with E-state index in [1.807, 2.05) is 33.8 Å². The van der Waals surface area contributed by atoms with E-state index in [-0.39, 0.29) is 43.3 Å². The maximum Gasteiger partial charge on any atom is 0.457 e. The molecule has 0 aromatic heterocycles. The highest BCUT2D eigenvalue weighted by molar-refractivity contribution is 6.45. The summed E-state index contributed by atoms with van der Waals surface area (Å²) < 4.78 is 24.9. The molecule has 3 aliphatic carbocycles. The monoisotopic (exact) mass is 505 g/mol. The first kappa shape index (κ1) is 26.8. The van der Waals surface area contributed by atoms with Crippen LogP contribution in [0, 0.1) is 24.2 Å². The summed E-state index contributed by atoms with van der Waals surface area (Å²) >= 11 is 0. The molecule has 1 aromatic rings. The molecule has 35 heavy (non-hydrogen) atoms. The maximum atomic E-state index is 13.1. The Morgan fingerprint density at radius 3 is 2.51 bits per heavy atom. The third kappa shape index (κ3) is 4.74. The number of benzene rings is 1. The molecule has 194 valence electrons. The predicted molar refractivity (Wildman–Crippen MR) is 140 cm³/mol. The van der Waals surface area contributed by atoms with Crippen LogP contribution < -0.4 is 10.1 Å². The predicted octanol–water partition coefficient (Wildman–Crippen LogP) is 4.99. The largest absolute Gasteiger partial charge is 0.487 e. The molecule has 0 radical (unpaired) electrons. The summed E-state index contributed by atoms with van der Waals surface area (Å²) in [5.41, 5.74) is 2.15. The van der Waals surface area contributed by atoms with E-state index in [1.165, 1.54) is 6.42 Å². The number of nitrogens with one attached hydrogen (secondary N) is 1. The van der Waals surface area contributed by atoms with Crippen LogP contribution in [0.15, 0.2) is 12.1 Å². The van der Waals surface area contributed by atoms with Crippen LogP contribution in [-0.4, -0.2) is 49.6 Å². The fraction of sp³-hybridized carbons (Fsp3) is 0.741. The van der Waals surface area contributed by atoms with E-state index >= 15 is 0 Å². The molecule has 6 nitrogen and oxygen atoms in total. The summed E-state index contributed by atoms with van der Waals surface area (Å²) in [6.07, 6.45) is 4.18. The summed E-state index contributed by atoms with van der Waals surface area (Å²) in [5, 5.41) is 3.21. The van der Waals surface area contributed by atoms with Gasteiger partial charge in [0.1, 0.15) is 23.0 Å². The SMILES string of the molecule is Cc1c(CCB2O[C@@H]3C[C@@H]4C[C@@H](C4(C)C)[C@]3(C)O2)ccc(OC2CNC2)c1C(=O)OC(C)(C)C.Cl. The molecular weight excluding hydrogens is 465 g/mol. The molecule has 0 unspecified atom stereocenters. The molecule has 1 N–H and O–H groups in total. The Morgan fingerprint density at radius 2 is 1.91 bits per heavy atom. The van der Waals surface area contributed by atoms with Gasteiger partial charge in [0.2, 0.25) is 0 Å². The van der Waals surface area contributed by atoms with Crippen LogP contribution in [0.1, 0.15) is 75.9 Å². The highest BCUT2D eigenvalue weighted by Gasteiger charge is 2.67.